The van der Waals surface area contributed by atoms with Gasteiger partial charge in [-0.3, -0.25) is 4.79 Å². The van der Waals surface area contributed by atoms with Crippen LogP contribution in [0.3, 0.4) is 0 Å². The molecule has 1 fully saturated rings. The van der Waals surface area contributed by atoms with E-state index in [0.29, 0.717) is 24.8 Å². The molecule has 4 rings (SSSR count). The monoisotopic (exact) mass is 391 g/mol. The van der Waals surface area contributed by atoms with E-state index in [9.17, 15) is 4.79 Å². The molecule has 0 spiro atoms. The minimum atomic E-state index is 0.0932. The molecule has 1 saturated heterocycles. The van der Waals surface area contributed by atoms with Gasteiger partial charge in [0.15, 0.2) is 5.82 Å². The van der Waals surface area contributed by atoms with Crippen LogP contribution in [0.25, 0.3) is 11.5 Å². The van der Waals surface area contributed by atoms with Crippen LogP contribution in [0.2, 0.25) is 0 Å². The fraction of sp³-hybridized carbons (Fsp3) is 0.364. The van der Waals surface area contributed by atoms with Crippen LogP contribution in [0.1, 0.15) is 35.1 Å². The normalized spacial score (nSPS) is 14.7. The predicted molar refractivity (Wildman–Crippen MR) is 111 cm³/mol. The average Bonchev–Trinajstić information content (AvgIpc) is 3.10. The number of hydrogen-bond acceptors (Lipinski definition) is 6. The van der Waals surface area contributed by atoms with Crippen molar-refractivity contribution in [3.8, 4) is 11.5 Å². The molecular weight excluding hydrogens is 366 g/mol. The molecule has 0 atom stereocenters. The fourth-order valence-electron chi connectivity index (χ4n) is 3.64. The lowest BCUT2D eigenvalue weighted by molar-refractivity contribution is 0.0766. The molecule has 0 saturated carbocycles. The number of carbonyl (C=O) groups is 1. The second-order valence-corrected chi connectivity index (χ2v) is 7.19. The summed E-state index contributed by atoms with van der Waals surface area (Å²) in [6, 6.07) is 11.6. The summed E-state index contributed by atoms with van der Waals surface area (Å²) in [7, 11) is 0. The highest BCUT2D eigenvalue weighted by Crippen LogP contribution is 2.28. The highest BCUT2D eigenvalue weighted by atomic mass is 16.5. The summed E-state index contributed by atoms with van der Waals surface area (Å²) in [5.41, 5.74) is 2.62. The number of nitrogens with zero attached hydrogens (tertiary/aromatic N) is 5. The Kier molecular flexibility index (Phi) is 5.55. The third-order valence-corrected chi connectivity index (χ3v) is 5.26. The van der Waals surface area contributed by atoms with Crippen molar-refractivity contribution in [1.29, 1.82) is 0 Å². The molecule has 7 heteroatoms. The van der Waals surface area contributed by atoms with Gasteiger partial charge in [-0.2, -0.15) is 4.98 Å². The van der Waals surface area contributed by atoms with Gasteiger partial charge in [-0.1, -0.05) is 30.3 Å². The Balaban J connectivity index is 1.54. The molecule has 0 radical (unpaired) electrons. The second-order valence-electron chi connectivity index (χ2n) is 7.19. The van der Waals surface area contributed by atoms with Gasteiger partial charge in [0.1, 0.15) is 5.82 Å². The maximum atomic E-state index is 13.0. The zero-order valence-corrected chi connectivity index (χ0v) is 16.8. The van der Waals surface area contributed by atoms with E-state index in [2.05, 4.69) is 20.0 Å². The number of anilines is 1. The van der Waals surface area contributed by atoms with Gasteiger partial charge in [0, 0.05) is 44.4 Å². The maximum absolute atomic E-state index is 13.0. The van der Waals surface area contributed by atoms with Gasteiger partial charge in [0.25, 0.3) is 11.8 Å². The van der Waals surface area contributed by atoms with Crippen molar-refractivity contribution in [2.45, 2.75) is 26.7 Å². The van der Waals surface area contributed by atoms with Crippen LogP contribution < -0.4 is 4.90 Å². The van der Waals surface area contributed by atoms with E-state index in [0.717, 1.165) is 48.4 Å². The Bertz CT molecular complexity index is 1000. The summed E-state index contributed by atoms with van der Waals surface area (Å²) in [6.45, 7) is 6.87. The highest BCUT2D eigenvalue weighted by Gasteiger charge is 2.24. The van der Waals surface area contributed by atoms with Crippen LogP contribution in [-0.2, 0) is 6.42 Å². The van der Waals surface area contributed by atoms with E-state index in [1.54, 1.807) is 6.20 Å². The number of hydrogen-bond donors (Lipinski definition) is 0. The topological polar surface area (TPSA) is 75.4 Å². The van der Waals surface area contributed by atoms with E-state index in [1.807, 2.05) is 55.1 Å². The van der Waals surface area contributed by atoms with Gasteiger partial charge in [-0.05, 0) is 37.1 Å². The zero-order chi connectivity index (χ0) is 20.2. The lowest BCUT2D eigenvalue weighted by Gasteiger charge is -2.24. The minimum absolute atomic E-state index is 0.0932. The van der Waals surface area contributed by atoms with Gasteiger partial charge in [-0.15, -0.1) is 0 Å². The Morgan fingerprint density at radius 2 is 1.97 bits per heavy atom. The summed E-state index contributed by atoms with van der Waals surface area (Å²) in [6.07, 6.45) is 3.37. The van der Waals surface area contributed by atoms with Gasteiger partial charge in [0.2, 0.25) is 0 Å². The average molecular weight is 391 g/mol. The fourth-order valence-corrected chi connectivity index (χ4v) is 3.64. The van der Waals surface area contributed by atoms with Gasteiger partial charge >= 0.3 is 0 Å². The number of pyridine rings is 1. The number of rotatable bonds is 4. The van der Waals surface area contributed by atoms with Crippen LogP contribution in [0, 0.1) is 6.92 Å². The molecule has 29 heavy (non-hydrogen) atoms. The van der Waals surface area contributed by atoms with E-state index in [1.165, 1.54) is 0 Å². The van der Waals surface area contributed by atoms with Gasteiger partial charge in [0.05, 0.1) is 5.56 Å². The van der Waals surface area contributed by atoms with E-state index in [4.69, 9.17) is 4.52 Å². The molecule has 1 aliphatic heterocycles. The smallest absolute Gasteiger partial charge is 0.261 e. The minimum Gasteiger partial charge on any atom is -0.354 e. The molecule has 0 aliphatic carbocycles. The molecule has 0 unspecified atom stereocenters. The largest absolute Gasteiger partial charge is 0.354 e. The van der Waals surface area contributed by atoms with Gasteiger partial charge in [-0.25, -0.2) is 4.98 Å². The first-order chi connectivity index (χ1) is 14.2. The standard InChI is InChI=1S/C22H25N5O2/c1-3-19-24-21(29-25-19)18-10-6-11-23-20(18)26-12-7-13-27(15-14-26)22(28)17-9-5-4-8-16(17)2/h4-6,8-11H,3,7,12-15H2,1-2H3. The molecule has 1 amide bonds. The SMILES string of the molecule is CCc1noc(-c2cccnc2N2CCCN(C(=O)c3ccccc3C)CC2)n1. The van der Waals surface area contributed by atoms with E-state index >= 15 is 0 Å². The molecule has 3 heterocycles. The molecule has 1 aromatic carbocycles. The summed E-state index contributed by atoms with van der Waals surface area (Å²) in [5, 5.41) is 4.01. The van der Waals surface area contributed by atoms with Crippen LogP contribution in [0.5, 0.6) is 0 Å². The van der Waals surface area contributed by atoms with Crippen LogP contribution in [0.4, 0.5) is 5.82 Å². The van der Waals surface area contributed by atoms with Crippen molar-refractivity contribution in [3.63, 3.8) is 0 Å². The summed E-state index contributed by atoms with van der Waals surface area (Å²) in [5.74, 6) is 2.09. The first-order valence-corrected chi connectivity index (χ1v) is 10.0. The zero-order valence-electron chi connectivity index (χ0n) is 16.8. The molecular formula is C22H25N5O2. The number of aryl methyl sites for hydroxylation is 2. The van der Waals surface area contributed by atoms with Crippen molar-refractivity contribution in [2.75, 3.05) is 31.1 Å². The Hall–Kier alpha value is -3.22. The van der Waals surface area contributed by atoms with Crippen molar-refractivity contribution >= 4 is 11.7 Å². The van der Waals surface area contributed by atoms with Crippen LogP contribution in [-0.4, -0.2) is 52.1 Å². The molecule has 150 valence electrons. The summed E-state index contributed by atoms with van der Waals surface area (Å²) in [4.78, 5) is 26.2. The van der Waals surface area contributed by atoms with Crippen molar-refractivity contribution < 1.29 is 9.32 Å². The Labute approximate surface area is 170 Å². The predicted octanol–water partition coefficient (Wildman–Crippen LogP) is 3.35. The quantitative estimate of drug-likeness (QED) is 0.679. The van der Waals surface area contributed by atoms with Crippen molar-refractivity contribution in [3.05, 3.63) is 59.5 Å². The van der Waals surface area contributed by atoms with Crippen LogP contribution in [0.15, 0.2) is 47.1 Å². The van der Waals surface area contributed by atoms with Crippen molar-refractivity contribution in [1.82, 2.24) is 20.0 Å². The molecule has 2 aromatic heterocycles. The molecule has 7 nitrogen and oxygen atoms in total. The van der Waals surface area contributed by atoms with Gasteiger partial charge < -0.3 is 14.3 Å². The number of aromatic nitrogens is 3. The highest BCUT2D eigenvalue weighted by molar-refractivity contribution is 5.95. The Morgan fingerprint density at radius 3 is 2.76 bits per heavy atom. The first kappa shape index (κ1) is 19.1. The number of carbonyl (C=O) groups excluding carboxylic acids is 1. The first-order valence-electron chi connectivity index (χ1n) is 10.0. The molecule has 0 bridgehead atoms. The Morgan fingerprint density at radius 1 is 1.10 bits per heavy atom. The third-order valence-electron chi connectivity index (χ3n) is 5.26. The molecule has 3 aromatic rings. The van der Waals surface area contributed by atoms with Crippen molar-refractivity contribution in [2.24, 2.45) is 0 Å². The van der Waals surface area contributed by atoms with E-state index < -0.39 is 0 Å². The summed E-state index contributed by atoms with van der Waals surface area (Å²) >= 11 is 0. The number of amides is 1. The third kappa shape index (κ3) is 3.99. The van der Waals surface area contributed by atoms with E-state index in [-0.39, 0.29) is 5.91 Å². The second kappa shape index (κ2) is 8.43. The van der Waals surface area contributed by atoms with Crippen LogP contribution >= 0.6 is 0 Å². The summed E-state index contributed by atoms with van der Waals surface area (Å²) < 4.78 is 5.44. The maximum Gasteiger partial charge on any atom is 0.261 e. The molecule has 0 N–H and O–H groups in total. The molecule has 1 aliphatic rings. The lowest BCUT2D eigenvalue weighted by atomic mass is 10.1. The lowest BCUT2D eigenvalue weighted by Crippen LogP contribution is -2.35. The number of benzene rings is 1.